The van der Waals surface area contributed by atoms with Crippen molar-refractivity contribution in [2.75, 3.05) is 0 Å². The second kappa shape index (κ2) is 6.25. The second-order valence-corrected chi connectivity index (χ2v) is 6.00. The Morgan fingerprint density at radius 1 is 1.07 bits per heavy atom. The van der Waals surface area contributed by atoms with Crippen LogP contribution in [0, 0.1) is 0 Å². The lowest BCUT2D eigenvalue weighted by molar-refractivity contribution is -0.140. The Kier molecular flexibility index (Phi) is 4.45. The van der Waals surface area contributed by atoms with Crippen molar-refractivity contribution in [1.29, 1.82) is 0 Å². The van der Waals surface area contributed by atoms with E-state index in [1.54, 1.807) is 0 Å². The molecule has 5 nitrogen and oxygen atoms in total. The maximum absolute atomic E-state index is 13.2. The van der Waals surface area contributed by atoms with Gasteiger partial charge in [0.05, 0.1) is 11.6 Å². The average molecular weight is 411 g/mol. The molecule has 0 spiro atoms. The minimum absolute atomic E-state index is 0.235. The minimum atomic E-state index is -4.94. The first-order valence-corrected chi connectivity index (χ1v) is 7.69. The van der Waals surface area contributed by atoms with Crippen LogP contribution in [0.1, 0.15) is 29.8 Å². The zero-order valence-electron chi connectivity index (χ0n) is 13.3. The molecule has 0 fully saturated rings. The van der Waals surface area contributed by atoms with E-state index >= 15 is 0 Å². The maximum atomic E-state index is 13.2. The maximum Gasteiger partial charge on any atom is 0.436 e. The van der Waals surface area contributed by atoms with Crippen LogP contribution in [0.15, 0.2) is 29.1 Å². The van der Waals surface area contributed by atoms with Crippen LogP contribution in [0.3, 0.4) is 0 Å². The normalized spacial score (nSPS) is 13.9. The van der Waals surface area contributed by atoms with E-state index in [4.69, 9.17) is 11.6 Å². The number of aromatic amines is 1. The number of alkyl halides is 6. The number of nitrogens with zero attached hydrogens (tertiary/aromatic N) is 3. The summed E-state index contributed by atoms with van der Waals surface area (Å²) in [6.07, 6.45) is -9.49. The van der Waals surface area contributed by atoms with E-state index < -0.39 is 51.5 Å². The molecule has 144 valence electrons. The van der Waals surface area contributed by atoms with Crippen LogP contribution in [0.2, 0.25) is 5.28 Å². The van der Waals surface area contributed by atoms with Crippen molar-refractivity contribution in [3.05, 3.63) is 56.7 Å². The van der Waals surface area contributed by atoms with Gasteiger partial charge in [0.25, 0.3) is 5.56 Å². The molecule has 0 aliphatic rings. The standard InChI is InChI=1S/C15H9ClF6N4O/c1-6(7-2-4-8(5-3-7)14(17,18)19)26-11-9(10(25-26)15(20,21)22)12(27)24-13(16)23-11/h2-6H,1H3,(H,23,24,27)/t6-/m0/s1. The number of rotatable bonds is 2. The molecule has 3 rings (SSSR count). The molecule has 1 atom stereocenters. The Morgan fingerprint density at radius 2 is 1.67 bits per heavy atom. The van der Waals surface area contributed by atoms with Crippen molar-refractivity contribution in [2.45, 2.75) is 25.3 Å². The smallest absolute Gasteiger partial charge is 0.296 e. The van der Waals surface area contributed by atoms with Gasteiger partial charge in [0, 0.05) is 0 Å². The predicted molar refractivity (Wildman–Crippen MR) is 83.4 cm³/mol. The molecule has 12 heteroatoms. The molecule has 27 heavy (non-hydrogen) atoms. The minimum Gasteiger partial charge on any atom is -0.296 e. The number of hydrogen-bond acceptors (Lipinski definition) is 3. The van der Waals surface area contributed by atoms with E-state index in [0.29, 0.717) is 0 Å². The summed E-state index contributed by atoms with van der Waals surface area (Å²) in [6.45, 7) is 1.41. The molecule has 1 aromatic carbocycles. The summed E-state index contributed by atoms with van der Waals surface area (Å²) >= 11 is 5.63. The van der Waals surface area contributed by atoms with Gasteiger partial charge in [-0.2, -0.15) is 36.4 Å². The summed E-state index contributed by atoms with van der Waals surface area (Å²) in [4.78, 5) is 17.6. The van der Waals surface area contributed by atoms with Gasteiger partial charge in [0.1, 0.15) is 5.39 Å². The fourth-order valence-corrected chi connectivity index (χ4v) is 2.75. The molecule has 0 saturated carbocycles. The van der Waals surface area contributed by atoms with E-state index in [1.165, 1.54) is 6.92 Å². The lowest BCUT2D eigenvalue weighted by Crippen LogP contribution is -2.13. The molecular weight excluding hydrogens is 402 g/mol. The summed E-state index contributed by atoms with van der Waals surface area (Å²) in [5.41, 5.74) is -3.68. The number of aromatic nitrogens is 4. The Hall–Kier alpha value is -2.56. The molecule has 0 bridgehead atoms. The van der Waals surface area contributed by atoms with E-state index in [1.807, 2.05) is 4.98 Å². The number of hydrogen-bond donors (Lipinski definition) is 1. The Morgan fingerprint density at radius 3 is 2.19 bits per heavy atom. The van der Waals surface area contributed by atoms with Crippen molar-refractivity contribution in [3.63, 3.8) is 0 Å². The van der Waals surface area contributed by atoms with E-state index in [-0.39, 0.29) is 5.56 Å². The summed E-state index contributed by atoms with van der Waals surface area (Å²) in [7, 11) is 0. The zero-order chi connectivity index (χ0) is 20.1. The Balaban J connectivity index is 2.18. The largest absolute Gasteiger partial charge is 0.436 e. The lowest BCUT2D eigenvalue weighted by Gasteiger charge is -2.15. The van der Waals surface area contributed by atoms with Crippen molar-refractivity contribution >= 4 is 22.6 Å². The van der Waals surface area contributed by atoms with Gasteiger partial charge in [-0.05, 0) is 36.2 Å². The number of halogens is 7. The average Bonchev–Trinajstić information content (AvgIpc) is 2.93. The van der Waals surface area contributed by atoms with Gasteiger partial charge in [-0.3, -0.25) is 9.78 Å². The van der Waals surface area contributed by atoms with Crippen LogP contribution in [-0.2, 0) is 12.4 Å². The highest BCUT2D eigenvalue weighted by molar-refractivity contribution is 6.28. The summed E-state index contributed by atoms with van der Waals surface area (Å²) in [6, 6.07) is 2.88. The summed E-state index contributed by atoms with van der Waals surface area (Å²) in [5.74, 6) is 0. The van der Waals surface area contributed by atoms with Crippen molar-refractivity contribution in [1.82, 2.24) is 19.7 Å². The van der Waals surface area contributed by atoms with Gasteiger partial charge in [-0.15, -0.1) is 0 Å². The molecule has 0 radical (unpaired) electrons. The van der Waals surface area contributed by atoms with Crippen LogP contribution in [0.4, 0.5) is 26.3 Å². The van der Waals surface area contributed by atoms with Crippen LogP contribution >= 0.6 is 11.6 Å². The van der Waals surface area contributed by atoms with Crippen LogP contribution in [0.25, 0.3) is 11.0 Å². The van der Waals surface area contributed by atoms with Crippen molar-refractivity contribution in [3.8, 4) is 0 Å². The van der Waals surface area contributed by atoms with Crippen molar-refractivity contribution < 1.29 is 26.3 Å². The molecule has 0 amide bonds. The fourth-order valence-electron chi connectivity index (χ4n) is 2.58. The van der Waals surface area contributed by atoms with Gasteiger partial charge in [-0.1, -0.05) is 12.1 Å². The molecule has 0 saturated heterocycles. The Bertz CT molecular complexity index is 1050. The molecule has 2 aromatic heterocycles. The topological polar surface area (TPSA) is 63.6 Å². The number of nitrogens with one attached hydrogen (secondary N) is 1. The monoisotopic (exact) mass is 410 g/mol. The second-order valence-electron chi connectivity index (χ2n) is 5.64. The fraction of sp³-hybridized carbons (Fsp3) is 0.267. The number of benzene rings is 1. The van der Waals surface area contributed by atoms with Crippen LogP contribution < -0.4 is 5.56 Å². The molecule has 1 N–H and O–H groups in total. The third-order valence-corrected chi connectivity index (χ3v) is 4.07. The summed E-state index contributed by atoms with van der Waals surface area (Å²) < 4.78 is 78.6. The van der Waals surface area contributed by atoms with Gasteiger partial charge in [0.2, 0.25) is 5.28 Å². The van der Waals surface area contributed by atoms with Gasteiger partial charge < -0.3 is 0 Å². The molecule has 0 unspecified atom stereocenters. The molecule has 0 aliphatic carbocycles. The van der Waals surface area contributed by atoms with Crippen LogP contribution in [0.5, 0.6) is 0 Å². The highest BCUT2D eigenvalue weighted by Gasteiger charge is 2.39. The molecule has 2 heterocycles. The first kappa shape index (κ1) is 19.2. The number of fused-ring (bicyclic) bond motifs is 1. The zero-order valence-corrected chi connectivity index (χ0v) is 14.0. The first-order valence-electron chi connectivity index (χ1n) is 7.32. The van der Waals surface area contributed by atoms with Gasteiger partial charge in [-0.25, -0.2) is 4.68 Å². The number of H-pyrrole nitrogens is 1. The lowest BCUT2D eigenvalue weighted by atomic mass is 10.1. The quantitative estimate of drug-likeness (QED) is 0.502. The highest BCUT2D eigenvalue weighted by Crippen LogP contribution is 2.35. The van der Waals surface area contributed by atoms with Gasteiger partial charge in [0.15, 0.2) is 11.3 Å². The molecule has 0 aliphatic heterocycles. The van der Waals surface area contributed by atoms with Crippen LogP contribution in [-0.4, -0.2) is 19.7 Å². The van der Waals surface area contributed by atoms with E-state index in [2.05, 4.69) is 10.1 Å². The van der Waals surface area contributed by atoms with E-state index in [9.17, 15) is 31.1 Å². The molecular formula is C15H9ClF6N4O. The Labute approximate surface area is 151 Å². The third kappa shape index (κ3) is 3.51. The first-order chi connectivity index (χ1) is 12.4. The van der Waals surface area contributed by atoms with Crippen molar-refractivity contribution in [2.24, 2.45) is 0 Å². The third-order valence-electron chi connectivity index (χ3n) is 3.89. The highest BCUT2D eigenvalue weighted by atomic mass is 35.5. The predicted octanol–water partition coefficient (Wildman–Crippen LogP) is 4.42. The molecule has 3 aromatic rings. The van der Waals surface area contributed by atoms with Gasteiger partial charge >= 0.3 is 12.4 Å². The SMILES string of the molecule is C[C@@H](c1ccc(C(F)(F)F)cc1)n1nc(C(F)(F)F)c2c(=O)[nH]c(Cl)nc21. The van der Waals surface area contributed by atoms with E-state index in [0.717, 1.165) is 28.9 Å². The summed E-state index contributed by atoms with van der Waals surface area (Å²) in [5, 5.41) is 2.20.